The topological polar surface area (TPSA) is 0 Å². The van der Waals surface area contributed by atoms with Crippen LogP contribution in [0.25, 0.3) is 98.4 Å². The molecule has 0 heterocycles. The van der Waals surface area contributed by atoms with Crippen LogP contribution in [0.15, 0.2) is 146 Å². The third kappa shape index (κ3) is 3.09. The second kappa shape index (κ2) is 8.75. The maximum atomic E-state index is 2.51. The maximum Gasteiger partial charge on any atom is 0.0165 e. The molecule has 2 aliphatic rings. The molecule has 0 nitrogen and oxygen atoms in total. The van der Waals surface area contributed by atoms with Crippen molar-refractivity contribution in [1.29, 1.82) is 0 Å². The average molecular weight is 595 g/mol. The highest BCUT2D eigenvalue weighted by atomic mass is 14.4. The maximum absolute atomic E-state index is 2.51. The van der Waals surface area contributed by atoms with Crippen LogP contribution in [0.3, 0.4) is 0 Å². The van der Waals surface area contributed by atoms with Gasteiger partial charge in [-0.25, -0.2) is 0 Å². The second-order valence-corrected chi connectivity index (χ2v) is 14.0. The Morgan fingerprint density at radius 3 is 1.53 bits per heavy atom. The largest absolute Gasteiger partial charge is 0.0616 e. The molecule has 0 heteroatoms. The van der Waals surface area contributed by atoms with Crippen molar-refractivity contribution >= 4 is 53.9 Å². The number of rotatable bonds is 1. The summed E-state index contributed by atoms with van der Waals surface area (Å²) in [5.41, 5.74) is 13.4. The van der Waals surface area contributed by atoms with E-state index in [9.17, 15) is 0 Å². The van der Waals surface area contributed by atoms with E-state index in [1.54, 1.807) is 0 Å². The van der Waals surface area contributed by atoms with Crippen molar-refractivity contribution in [2.75, 3.05) is 0 Å². The molecule has 0 fully saturated rings. The minimum atomic E-state index is -0.195. The minimum Gasteiger partial charge on any atom is -0.0616 e. The molecule has 218 valence electrons. The highest BCUT2D eigenvalue weighted by Crippen LogP contribution is 2.58. The summed E-state index contributed by atoms with van der Waals surface area (Å²) >= 11 is 0. The molecule has 0 unspecified atom stereocenters. The van der Waals surface area contributed by atoms with Crippen LogP contribution in [0.2, 0.25) is 0 Å². The Kier molecular flexibility index (Phi) is 4.74. The van der Waals surface area contributed by atoms with E-state index in [1.165, 1.54) is 109 Å². The van der Waals surface area contributed by atoms with Crippen LogP contribution < -0.4 is 0 Å². The predicted molar refractivity (Wildman–Crippen MR) is 201 cm³/mol. The number of hydrogen-bond acceptors (Lipinski definition) is 0. The van der Waals surface area contributed by atoms with Gasteiger partial charge in [0, 0.05) is 5.41 Å². The smallest absolute Gasteiger partial charge is 0.0165 e. The Morgan fingerprint density at radius 2 is 0.830 bits per heavy atom. The van der Waals surface area contributed by atoms with E-state index in [4.69, 9.17) is 0 Å². The van der Waals surface area contributed by atoms with Crippen molar-refractivity contribution in [3.8, 4) is 44.5 Å². The summed E-state index contributed by atoms with van der Waals surface area (Å²) in [5.74, 6) is 0. The molecule has 0 saturated heterocycles. The van der Waals surface area contributed by atoms with Gasteiger partial charge in [-0.15, -0.1) is 0 Å². The Hall–Kier alpha value is -5.72. The van der Waals surface area contributed by atoms with Gasteiger partial charge < -0.3 is 0 Å². The monoisotopic (exact) mass is 594 g/mol. The van der Waals surface area contributed by atoms with Gasteiger partial charge in [0.2, 0.25) is 0 Å². The van der Waals surface area contributed by atoms with Gasteiger partial charge in [0.05, 0.1) is 0 Å². The van der Waals surface area contributed by atoms with Crippen LogP contribution in [0, 0.1) is 0 Å². The standard InChI is InChI=1S/C47H30/c1-47(2)41-26-27(28-24-25-39-32-15-4-3-12-29(32)34-21-11-20-33(28)42(34)39)22-23-40(41)44-38-19-10-9-18-37(38)43-35-16-7-5-13-30(35)31-14-6-8-17-36(31)45(43)46(44)47/h3-26H,1-2H3. The molecule has 2 aliphatic carbocycles. The fraction of sp³-hybridized carbons (Fsp3) is 0.0638. The normalized spacial score (nSPS) is 13.9. The molecule has 0 amide bonds. The average Bonchev–Trinajstić information content (AvgIpc) is 3.57. The molecule has 9 aromatic rings. The van der Waals surface area contributed by atoms with Crippen LogP contribution in [0.4, 0.5) is 0 Å². The fourth-order valence-corrected chi connectivity index (χ4v) is 9.41. The first-order valence-corrected chi connectivity index (χ1v) is 16.7. The summed E-state index contributed by atoms with van der Waals surface area (Å²) in [6, 6.07) is 54.8. The second-order valence-electron chi connectivity index (χ2n) is 14.0. The molecular weight excluding hydrogens is 565 g/mol. The summed E-state index contributed by atoms with van der Waals surface area (Å²) in [6.45, 7) is 4.90. The van der Waals surface area contributed by atoms with Crippen LogP contribution >= 0.6 is 0 Å². The Bertz CT molecular complexity index is 2830. The summed E-state index contributed by atoms with van der Waals surface area (Å²) in [5, 5.41) is 13.5. The molecule has 0 saturated carbocycles. The Balaban J connectivity index is 1.23. The van der Waals surface area contributed by atoms with Gasteiger partial charge in [-0.2, -0.15) is 0 Å². The summed E-state index contributed by atoms with van der Waals surface area (Å²) in [4.78, 5) is 0. The number of benzene rings is 9. The predicted octanol–water partition coefficient (Wildman–Crippen LogP) is 13.1. The zero-order valence-electron chi connectivity index (χ0n) is 26.4. The quantitative estimate of drug-likeness (QED) is 0.166. The molecular formula is C47H30. The van der Waals surface area contributed by atoms with E-state index in [2.05, 4.69) is 159 Å². The molecule has 0 N–H and O–H groups in total. The van der Waals surface area contributed by atoms with E-state index in [0.29, 0.717) is 0 Å². The van der Waals surface area contributed by atoms with Crippen molar-refractivity contribution in [2.24, 2.45) is 0 Å². The Morgan fingerprint density at radius 1 is 0.340 bits per heavy atom. The summed E-state index contributed by atoms with van der Waals surface area (Å²) in [6.07, 6.45) is 0. The molecule has 9 aromatic carbocycles. The molecule has 0 aromatic heterocycles. The van der Waals surface area contributed by atoms with E-state index < -0.39 is 0 Å². The molecule has 0 radical (unpaired) electrons. The van der Waals surface area contributed by atoms with Crippen molar-refractivity contribution in [3.05, 3.63) is 157 Å². The highest BCUT2D eigenvalue weighted by Gasteiger charge is 2.39. The van der Waals surface area contributed by atoms with E-state index in [-0.39, 0.29) is 5.41 Å². The van der Waals surface area contributed by atoms with Gasteiger partial charge in [-0.05, 0) is 116 Å². The zero-order chi connectivity index (χ0) is 31.0. The van der Waals surface area contributed by atoms with Gasteiger partial charge in [0.15, 0.2) is 0 Å². The number of fused-ring (bicyclic) bond motifs is 16. The first-order chi connectivity index (χ1) is 23.1. The van der Waals surface area contributed by atoms with Gasteiger partial charge in [-0.3, -0.25) is 0 Å². The van der Waals surface area contributed by atoms with Crippen LogP contribution in [0.1, 0.15) is 25.0 Å². The number of hydrogen-bond donors (Lipinski definition) is 0. The van der Waals surface area contributed by atoms with Gasteiger partial charge in [-0.1, -0.05) is 153 Å². The zero-order valence-corrected chi connectivity index (χ0v) is 26.4. The third-order valence-corrected chi connectivity index (χ3v) is 11.3. The first-order valence-electron chi connectivity index (χ1n) is 16.7. The minimum absolute atomic E-state index is 0.195. The summed E-state index contributed by atoms with van der Waals surface area (Å²) < 4.78 is 0. The molecule has 0 atom stereocenters. The Labute approximate surface area is 273 Å². The van der Waals surface area contributed by atoms with Crippen molar-refractivity contribution in [2.45, 2.75) is 19.3 Å². The van der Waals surface area contributed by atoms with Crippen LogP contribution in [-0.4, -0.2) is 0 Å². The van der Waals surface area contributed by atoms with E-state index in [1.807, 2.05) is 0 Å². The lowest BCUT2D eigenvalue weighted by atomic mass is 9.77. The van der Waals surface area contributed by atoms with Crippen molar-refractivity contribution in [1.82, 2.24) is 0 Å². The van der Waals surface area contributed by atoms with Crippen molar-refractivity contribution < 1.29 is 0 Å². The lowest BCUT2D eigenvalue weighted by Crippen LogP contribution is -2.16. The highest BCUT2D eigenvalue weighted by molar-refractivity contribution is 6.35. The molecule has 0 aliphatic heterocycles. The molecule has 0 spiro atoms. The van der Waals surface area contributed by atoms with E-state index >= 15 is 0 Å². The lowest BCUT2D eigenvalue weighted by Gasteiger charge is -2.26. The lowest BCUT2D eigenvalue weighted by molar-refractivity contribution is 0.667. The summed E-state index contributed by atoms with van der Waals surface area (Å²) in [7, 11) is 0. The first kappa shape index (κ1) is 25.5. The van der Waals surface area contributed by atoms with Crippen LogP contribution in [-0.2, 0) is 5.41 Å². The third-order valence-electron chi connectivity index (χ3n) is 11.3. The van der Waals surface area contributed by atoms with Gasteiger partial charge in [0.1, 0.15) is 0 Å². The van der Waals surface area contributed by atoms with Crippen LogP contribution in [0.5, 0.6) is 0 Å². The molecule has 47 heavy (non-hydrogen) atoms. The van der Waals surface area contributed by atoms with Crippen molar-refractivity contribution in [3.63, 3.8) is 0 Å². The SMILES string of the molecule is CC1(C)c2cc(-c3ccc4c5c(cccc35)-c3ccccc3-4)ccc2-c2c1c1c3ccccc3c3ccccc3c1c1ccccc21. The van der Waals surface area contributed by atoms with Gasteiger partial charge >= 0.3 is 0 Å². The van der Waals surface area contributed by atoms with E-state index in [0.717, 1.165) is 0 Å². The fourth-order valence-electron chi connectivity index (χ4n) is 9.41. The van der Waals surface area contributed by atoms with Gasteiger partial charge in [0.25, 0.3) is 0 Å². The molecule has 0 bridgehead atoms. The molecule has 11 rings (SSSR count).